The summed E-state index contributed by atoms with van der Waals surface area (Å²) in [7, 11) is -2.41. The molecule has 2 rings (SSSR count). The molecular formula is C17H20ClN3O4S. The Morgan fingerprint density at radius 1 is 1.27 bits per heavy atom. The zero-order valence-electron chi connectivity index (χ0n) is 14.5. The molecule has 0 spiro atoms. The number of carbonyl (C=O) groups excluding carboxylic acids is 1. The lowest BCUT2D eigenvalue weighted by Gasteiger charge is -2.20. The first-order valence-electron chi connectivity index (χ1n) is 7.87. The molecule has 1 aromatic heterocycles. The van der Waals surface area contributed by atoms with Gasteiger partial charge in [0.2, 0.25) is 15.9 Å². The van der Waals surface area contributed by atoms with Crippen molar-refractivity contribution < 1.29 is 17.9 Å². The van der Waals surface area contributed by atoms with Gasteiger partial charge < -0.3 is 10.1 Å². The molecule has 1 aromatic carbocycles. The van der Waals surface area contributed by atoms with Crippen LogP contribution in [0.5, 0.6) is 5.75 Å². The second-order valence-electron chi connectivity index (χ2n) is 5.36. The molecule has 7 nitrogen and oxygen atoms in total. The minimum Gasteiger partial charge on any atom is -0.495 e. The second kappa shape index (κ2) is 8.98. The number of rotatable bonds is 8. The van der Waals surface area contributed by atoms with Gasteiger partial charge in [0.05, 0.1) is 23.6 Å². The number of aromatic nitrogens is 1. The molecule has 0 aliphatic rings. The Morgan fingerprint density at radius 2 is 1.96 bits per heavy atom. The number of hydrogen-bond acceptors (Lipinski definition) is 5. The van der Waals surface area contributed by atoms with Gasteiger partial charge in [-0.15, -0.1) is 0 Å². The number of ether oxygens (including phenoxy) is 1. The number of amides is 1. The highest BCUT2D eigenvalue weighted by Gasteiger charge is 2.26. The fourth-order valence-corrected chi connectivity index (χ4v) is 4.00. The summed E-state index contributed by atoms with van der Waals surface area (Å²) in [6, 6.07) is 7.74. The Hall–Kier alpha value is -2.16. The predicted octanol–water partition coefficient (Wildman–Crippen LogP) is 2.07. The van der Waals surface area contributed by atoms with E-state index in [0.29, 0.717) is 12.3 Å². The smallest absolute Gasteiger partial charge is 0.243 e. The molecule has 0 saturated heterocycles. The summed E-state index contributed by atoms with van der Waals surface area (Å²) in [6.07, 6.45) is 3.25. The van der Waals surface area contributed by atoms with E-state index >= 15 is 0 Å². The van der Waals surface area contributed by atoms with Crippen LogP contribution in [-0.4, -0.2) is 43.8 Å². The van der Waals surface area contributed by atoms with Crippen molar-refractivity contribution in [3.8, 4) is 5.75 Å². The van der Waals surface area contributed by atoms with Gasteiger partial charge in [0.1, 0.15) is 5.75 Å². The molecule has 9 heteroatoms. The van der Waals surface area contributed by atoms with Crippen LogP contribution in [0.2, 0.25) is 5.02 Å². The molecule has 1 amide bonds. The van der Waals surface area contributed by atoms with E-state index in [9.17, 15) is 13.2 Å². The van der Waals surface area contributed by atoms with Crippen LogP contribution in [0.3, 0.4) is 0 Å². The summed E-state index contributed by atoms with van der Waals surface area (Å²) in [5.41, 5.74) is 0.876. The molecule has 0 atom stereocenters. The van der Waals surface area contributed by atoms with Crippen molar-refractivity contribution in [2.45, 2.75) is 18.4 Å². The number of methoxy groups -OCH3 is 1. The average Bonchev–Trinajstić information content (AvgIpc) is 2.65. The van der Waals surface area contributed by atoms with Crippen molar-refractivity contribution in [3.63, 3.8) is 0 Å². The number of likely N-dealkylation sites (N-methyl/N-ethyl adjacent to an activating group) is 1. The van der Waals surface area contributed by atoms with Crippen molar-refractivity contribution in [3.05, 3.63) is 53.3 Å². The summed E-state index contributed by atoms with van der Waals surface area (Å²) in [5, 5.41) is 2.88. The van der Waals surface area contributed by atoms with Crippen LogP contribution in [0.15, 0.2) is 47.6 Å². The third-order valence-electron chi connectivity index (χ3n) is 3.67. The molecular weight excluding hydrogens is 378 g/mol. The second-order valence-corrected chi connectivity index (χ2v) is 7.70. The van der Waals surface area contributed by atoms with Gasteiger partial charge >= 0.3 is 0 Å². The van der Waals surface area contributed by atoms with E-state index in [2.05, 4.69) is 10.3 Å². The maximum atomic E-state index is 12.8. The van der Waals surface area contributed by atoms with Crippen LogP contribution in [0.25, 0.3) is 0 Å². The Labute approximate surface area is 158 Å². The molecule has 0 unspecified atom stereocenters. The molecule has 1 heterocycles. The third kappa shape index (κ3) is 4.94. The number of benzene rings is 1. The monoisotopic (exact) mass is 397 g/mol. The maximum Gasteiger partial charge on any atom is 0.243 e. The fraction of sp³-hybridized carbons (Fsp3) is 0.294. The predicted molar refractivity (Wildman–Crippen MR) is 98.5 cm³/mol. The van der Waals surface area contributed by atoms with Crippen LogP contribution >= 0.6 is 11.6 Å². The van der Waals surface area contributed by atoms with Crippen molar-refractivity contribution in [2.24, 2.45) is 0 Å². The molecule has 0 aliphatic heterocycles. The lowest BCUT2D eigenvalue weighted by atomic mass is 10.3. The van der Waals surface area contributed by atoms with Crippen molar-refractivity contribution >= 4 is 27.5 Å². The number of halogens is 1. The van der Waals surface area contributed by atoms with Crippen LogP contribution in [0, 0.1) is 0 Å². The summed E-state index contributed by atoms with van der Waals surface area (Å²) in [4.78, 5) is 16.1. The van der Waals surface area contributed by atoms with Gasteiger partial charge in [0.25, 0.3) is 0 Å². The van der Waals surface area contributed by atoms with Gasteiger partial charge in [0, 0.05) is 25.5 Å². The van der Waals surface area contributed by atoms with E-state index in [1.807, 2.05) is 0 Å². The zero-order chi connectivity index (χ0) is 19.2. The maximum absolute atomic E-state index is 12.8. The highest BCUT2D eigenvalue weighted by Crippen LogP contribution is 2.28. The van der Waals surface area contributed by atoms with E-state index in [1.54, 1.807) is 31.5 Å². The lowest BCUT2D eigenvalue weighted by Crippen LogP contribution is -2.40. The highest BCUT2D eigenvalue weighted by atomic mass is 35.5. The van der Waals surface area contributed by atoms with Gasteiger partial charge in [-0.25, -0.2) is 8.42 Å². The normalized spacial score (nSPS) is 11.4. The Kier molecular flexibility index (Phi) is 6.96. The van der Waals surface area contributed by atoms with Crippen LogP contribution in [-0.2, 0) is 21.4 Å². The standard InChI is InChI=1S/C17H20ClN3O4S/c1-3-21(12-17(22)20-11-13-6-8-19-9-7-13)26(23,24)14-4-5-16(25-2)15(18)10-14/h4-10H,3,11-12H2,1-2H3,(H,20,22). The van der Waals surface area contributed by atoms with Gasteiger partial charge in [0.15, 0.2) is 0 Å². The van der Waals surface area contributed by atoms with Gasteiger partial charge in [-0.05, 0) is 35.9 Å². The first-order chi connectivity index (χ1) is 12.4. The van der Waals surface area contributed by atoms with Crippen molar-refractivity contribution in [1.82, 2.24) is 14.6 Å². The Morgan fingerprint density at radius 3 is 2.54 bits per heavy atom. The van der Waals surface area contributed by atoms with Gasteiger partial charge in [-0.1, -0.05) is 18.5 Å². The molecule has 26 heavy (non-hydrogen) atoms. The first-order valence-corrected chi connectivity index (χ1v) is 9.69. The number of sulfonamides is 1. The lowest BCUT2D eigenvalue weighted by molar-refractivity contribution is -0.121. The molecule has 0 radical (unpaired) electrons. The van der Waals surface area contributed by atoms with Crippen LogP contribution in [0.1, 0.15) is 12.5 Å². The van der Waals surface area contributed by atoms with Crippen molar-refractivity contribution in [2.75, 3.05) is 20.2 Å². The van der Waals surface area contributed by atoms with E-state index in [-0.39, 0.29) is 23.0 Å². The molecule has 1 N–H and O–H groups in total. The van der Waals surface area contributed by atoms with Crippen LogP contribution in [0.4, 0.5) is 0 Å². The number of nitrogens with one attached hydrogen (secondary N) is 1. The average molecular weight is 398 g/mol. The van der Waals surface area contributed by atoms with Crippen LogP contribution < -0.4 is 10.1 Å². The fourth-order valence-electron chi connectivity index (χ4n) is 2.24. The number of nitrogens with zero attached hydrogens (tertiary/aromatic N) is 2. The van der Waals surface area contributed by atoms with Gasteiger partial charge in [-0.3, -0.25) is 9.78 Å². The van der Waals surface area contributed by atoms with Crippen molar-refractivity contribution in [1.29, 1.82) is 0 Å². The molecule has 140 valence electrons. The highest BCUT2D eigenvalue weighted by molar-refractivity contribution is 7.89. The SMILES string of the molecule is CCN(CC(=O)NCc1ccncc1)S(=O)(=O)c1ccc(OC)c(Cl)c1. The minimum atomic E-state index is -3.85. The zero-order valence-corrected chi connectivity index (χ0v) is 16.0. The largest absolute Gasteiger partial charge is 0.495 e. The number of carbonyl (C=O) groups is 1. The summed E-state index contributed by atoms with van der Waals surface area (Å²) < 4.78 is 31.6. The van der Waals surface area contributed by atoms with E-state index in [4.69, 9.17) is 16.3 Å². The first kappa shape index (κ1) is 20.2. The van der Waals surface area contributed by atoms with E-state index < -0.39 is 15.9 Å². The molecule has 0 bridgehead atoms. The van der Waals surface area contributed by atoms with E-state index in [0.717, 1.165) is 9.87 Å². The molecule has 0 aliphatic carbocycles. The Balaban J connectivity index is 2.08. The van der Waals surface area contributed by atoms with E-state index in [1.165, 1.54) is 25.3 Å². The third-order valence-corrected chi connectivity index (χ3v) is 5.88. The molecule has 0 fully saturated rings. The number of hydrogen-bond donors (Lipinski definition) is 1. The topological polar surface area (TPSA) is 88.6 Å². The minimum absolute atomic E-state index is 0.00656. The molecule has 0 saturated carbocycles. The Bertz CT molecular complexity index is 860. The molecule has 2 aromatic rings. The number of pyridine rings is 1. The summed E-state index contributed by atoms with van der Waals surface area (Å²) >= 11 is 6.01. The summed E-state index contributed by atoms with van der Waals surface area (Å²) in [6.45, 7) is 1.83. The van der Waals surface area contributed by atoms with Gasteiger partial charge in [-0.2, -0.15) is 4.31 Å². The summed E-state index contributed by atoms with van der Waals surface area (Å²) in [5.74, 6) is -0.0180. The quantitative estimate of drug-likeness (QED) is 0.736.